The van der Waals surface area contributed by atoms with Gasteiger partial charge in [0, 0.05) is 4.90 Å². The predicted octanol–water partition coefficient (Wildman–Crippen LogP) is 1.83. The maximum Gasteiger partial charge on any atom is 0.326 e. The van der Waals surface area contributed by atoms with Crippen LogP contribution in [-0.4, -0.2) is 47.5 Å². The first-order valence-electron chi connectivity index (χ1n) is 6.40. The first-order valence-corrected chi connectivity index (χ1v) is 7.28. The van der Waals surface area contributed by atoms with Gasteiger partial charge in [-0.2, -0.15) is 0 Å². The number of hydrogen-bond acceptors (Lipinski definition) is 5. The molecule has 0 bridgehead atoms. The minimum Gasteiger partial charge on any atom is -0.493 e. The molecule has 1 aliphatic rings. The standard InChI is InChI=1S/C14H17NO5S/c1-8(14(17)18)15-12(16)7-13(15)21-9-4-5-10(19-2)11(6-9)20-3/h4-6,8,13H,7H2,1-3H3,(H,17,18). The van der Waals surface area contributed by atoms with Crippen molar-refractivity contribution in [3.63, 3.8) is 0 Å². The Balaban J connectivity index is 2.11. The number of aliphatic carboxylic acids is 1. The second-order valence-corrected chi connectivity index (χ2v) is 5.86. The topological polar surface area (TPSA) is 76.1 Å². The largest absolute Gasteiger partial charge is 0.493 e. The highest BCUT2D eigenvalue weighted by Crippen LogP contribution is 2.39. The first-order chi connectivity index (χ1) is 9.97. The van der Waals surface area contributed by atoms with Crippen LogP contribution in [0.5, 0.6) is 11.5 Å². The Kier molecular flexibility index (Phi) is 4.62. The van der Waals surface area contributed by atoms with E-state index in [9.17, 15) is 9.59 Å². The van der Waals surface area contributed by atoms with Gasteiger partial charge >= 0.3 is 5.97 Å². The number of carboxylic acid groups (broad SMARTS) is 1. The predicted molar refractivity (Wildman–Crippen MR) is 77.8 cm³/mol. The summed E-state index contributed by atoms with van der Waals surface area (Å²) in [7, 11) is 3.11. The average molecular weight is 311 g/mol. The Morgan fingerprint density at radius 3 is 2.57 bits per heavy atom. The van der Waals surface area contributed by atoms with Crippen LogP contribution in [0.4, 0.5) is 0 Å². The number of β-lactam (4-membered cyclic amide) rings is 1. The van der Waals surface area contributed by atoms with Gasteiger partial charge < -0.3 is 19.5 Å². The fourth-order valence-electron chi connectivity index (χ4n) is 2.13. The number of carboxylic acids is 1. The number of likely N-dealkylation sites (tertiary alicyclic amines) is 1. The van der Waals surface area contributed by atoms with Crippen LogP contribution in [0.1, 0.15) is 13.3 Å². The van der Waals surface area contributed by atoms with Crippen LogP contribution in [0, 0.1) is 0 Å². The monoisotopic (exact) mass is 311 g/mol. The summed E-state index contributed by atoms with van der Waals surface area (Å²) in [5.74, 6) is 0.0946. The lowest BCUT2D eigenvalue weighted by Crippen LogP contribution is -2.57. The zero-order chi connectivity index (χ0) is 15.6. The SMILES string of the molecule is COc1ccc(SC2CC(=O)N2C(C)C(=O)O)cc1OC. The van der Waals surface area contributed by atoms with Gasteiger partial charge in [-0.25, -0.2) is 4.79 Å². The molecule has 114 valence electrons. The first kappa shape index (κ1) is 15.5. The van der Waals surface area contributed by atoms with Gasteiger partial charge in [0.25, 0.3) is 0 Å². The molecule has 1 N–H and O–H groups in total. The van der Waals surface area contributed by atoms with Crippen molar-refractivity contribution in [3.8, 4) is 11.5 Å². The summed E-state index contributed by atoms with van der Waals surface area (Å²) in [5, 5.41) is 8.86. The summed E-state index contributed by atoms with van der Waals surface area (Å²) in [5.41, 5.74) is 0. The highest BCUT2D eigenvalue weighted by molar-refractivity contribution is 8.00. The lowest BCUT2D eigenvalue weighted by molar-refractivity contribution is -0.156. The normalized spacial score (nSPS) is 18.9. The van der Waals surface area contributed by atoms with Gasteiger partial charge in [0.05, 0.1) is 26.0 Å². The number of methoxy groups -OCH3 is 2. The number of amides is 1. The Morgan fingerprint density at radius 1 is 1.38 bits per heavy atom. The van der Waals surface area contributed by atoms with E-state index in [-0.39, 0.29) is 11.3 Å². The van der Waals surface area contributed by atoms with Crippen LogP contribution < -0.4 is 9.47 Å². The van der Waals surface area contributed by atoms with Crippen molar-refractivity contribution in [3.05, 3.63) is 18.2 Å². The molecule has 1 aliphatic heterocycles. The molecule has 0 radical (unpaired) electrons. The third kappa shape index (κ3) is 3.07. The number of nitrogens with zero attached hydrogens (tertiary/aromatic N) is 1. The van der Waals surface area contributed by atoms with E-state index >= 15 is 0 Å². The minimum absolute atomic E-state index is 0.136. The van der Waals surface area contributed by atoms with Crippen LogP contribution in [0.3, 0.4) is 0 Å². The van der Waals surface area contributed by atoms with Gasteiger partial charge in [0.2, 0.25) is 5.91 Å². The number of benzene rings is 1. The second-order valence-electron chi connectivity index (χ2n) is 4.61. The van der Waals surface area contributed by atoms with E-state index in [1.165, 1.54) is 23.6 Å². The van der Waals surface area contributed by atoms with Crippen LogP contribution in [0.25, 0.3) is 0 Å². The van der Waals surface area contributed by atoms with E-state index in [1.54, 1.807) is 20.3 Å². The van der Waals surface area contributed by atoms with Gasteiger partial charge in [-0.1, -0.05) is 0 Å². The lowest BCUT2D eigenvalue weighted by Gasteiger charge is -2.42. The fourth-order valence-corrected chi connectivity index (χ4v) is 3.41. The number of thioether (sulfide) groups is 1. The highest BCUT2D eigenvalue weighted by Gasteiger charge is 2.42. The Labute approximate surface area is 127 Å². The Hall–Kier alpha value is -1.89. The van der Waals surface area contributed by atoms with E-state index in [1.807, 2.05) is 12.1 Å². The molecule has 2 rings (SSSR count). The maximum absolute atomic E-state index is 11.6. The van der Waals surface area contributed by atoms with E-state index in [0.717, 1.165) is 4.90 Å². The number of hydrogen-bond donors (Lipinski definition) is 1. The molecule has 1 aromatic carbocycles. The summed E-state index contributed by atoms with van der Waals surface area (Å²) in [6.07, 6.45) is 0.344. The van der Waals surface area contributed by atoms with Gasteiger partial charge in [0.1, 0.15) is 6.04 Å². The molecule has 7 heteroatoms. The van der Waals surface area contributed by atoms with Crippen molar-refractivity contribution >= 4 is 23.6 Å². The van der Waals surface area contributed by atoms with Crippen molar-refractivity contribution in [2.45, 2.75) is 29.7 Å². The molecular weight excluding hydrogens is 294 g/mol. The number of carbonyl (C=O) groups excluding carboxylic acids is 1. The molecule has 21 heavy (non-hydrogen) atoms. The van der Waals surface area contributed by atoms with Crippen molar-refractivity contribution in [2.75, 3.05) is 14.2 Å². The van der Waals surface area contributed by atoms with Crippen molar-refractivity contribution in [1.82, 2.24) is 4.90 Å². The molecule has 1 heterocycles. The quantitative estimate of drug-likeness (QED) is 0.808. The molecule has 0 aromatic heterocycles. The van der Waals surface area contributed by atoms with Gasteiger partial charge in [-0.05, 0) is 25.1 Å². The molecule has 1 fully saturated rings. The van der Waals surface area contributed by atoms with Gasteiger partial charge in [-0.15, -0.1) is 11.8 Å². The molecule has 0 spiro atoms. The summed E-state index contributed by atoms with van der Waals surface area (Å²) < 4.78 is 10.4. The third-order valence-electron chi connectivity index (χ3n) is 3.35. The smallest absolute Gasteiger partial charge is 0.326 e. The Morgan fingerprint density at radius 2 is 2.05 bits per heavy atom. The van der Waals surface area contributed by atoms with Crippen LogP contribution in [0.2, 0.25) is 0 Å². The van der Waals surface area contributed by atoms with Crippen LogP contribution in [0.15, 0.2) is 23.1 Å². The summed E-state index contributed by atoms with van der Waals surface area (Å²) in [6, 6.07) is 4.64. The van der Waals surface area contributed by atoms with Crippen molar-refractivity contribution in [1.29, 1.82) is 0 Å². The molecule has 0 aliphatic carbocycles. The molecule has 0 saturated carbocycles. The van der Waals surface area contributed by atoms with E-state index in [2.05, 4.69) is 0 Å². The van der Waals surface area contributed by atoms with Gasteiger partial charge in [0.15, 0.2) is 11.5 Å². The summed E-state index contributed by atoms with van der Waals surface area (Å²) >= 11 is 1.44. The average Bonchev–Trinajstić information content (AvgIpc) is 2.46. The minimum atomic E-state index is -0.999. The fraction of sp³-hybridized carbons (Fsp3) is 0.429. The van der Waals surface area contributed by atoms with Crippen molar-refractivity contribution < 1.29 is 24.2 Å². The number of carbonyl (C=O) groups is 2. The third-order valence-corrected chi connectivity index (χ3v) is 4.54. The maximum atomic E-state index is 11.6. The molecule has 1 saturated heterocycles. The lowest BCUT2D eigenvalue weighted by atomic mass is 10.1. The van der Waals surface area contributed by atoms with Crippen LogP contribution >= 0.6 is 11.8 Å². The van der Waals surface area contributed by atoms with Crippen LogP contribution in [-0.2, 0) is 9.59 Å². The highest BCUT2D eigenvalue weighted by atomic mass is 32.2. The molecule has 6 nitrogen and oxygen atoms in total. The second kappa shape index (κ2) is 6.26. The Bertz CT molecular complexity index is 562. The molecular formula is C14H17NO5S. The summed E-state index contributed by atoms with van der Waals surface area (Å²) in [6.45, 7) is 1.52. The van der Waals surface area contributed by atoms with E-state index < -0.39 is 12.0 Å². The zero-order valence-electron chi connectivity index (χ0n) is 12.0. The molecule has 1 aromatic rings. The number of ether oxygens (including phenoxy) is 2. The molecule has 2 unspecified atom stereocenters. The summed E-state index contributed by atoms with van der Waals surface area (Å²) in [4.78, 5) is 24.9. The van der Waals surface area contributed by atoms with E-state index in [0.29, 0.717) is 17.9 Å². The zero-order valence-corrected chi connectivity index (χ0v) is 12.8. The van der Waals surface area contributed by atoms with E-state index in [4.69, 9.17) is 14.6 Å². The number of rotatable bonds is 6. The molecule has 2 atom stereocenters. The van der Waals surface area contributed by atoms with Crippen molar-refractivity contribution in [2.24, 2.45) is 0 Å². The van der Waals surface area contributed by atoms with Gasteiger partial charge in [-0.3, -0.25) is 4.79 Å². The molecule has 1 amide bonds.